The molecule has 16 heavy (non-hydrogen) atoms. The van der Waals surface area contributed by atoms with Gasteiger partial charge in [-0.3, -0.25) is 0 Å². The smallest absolute Gasteiger partial charge is 0.194 e. The molecule has 0 aromatic carbocycles. The van der Waals surface area contributed by atoms with E-state index in [1.807, 2.05) is 19.3 Å². The van der Waals surface area contributed by atoms with Gasteiger partial charge in [0, 0.05) is 17.1 Å². The lowest BCUT2D eigenvalue weighted by atomic mass is 10.2. The number of rotatable bonds is 4. The average molecular weight is 257 g/mol. The van der Waals surface area contributed by atoms with Crippen molar-refractivity contribution >= 4 is 22.9 Å². The minimum Gasteiger partial charge on any atom is -0.442 e. The molecule has 0 fully saturated rings. The number of aromatic nitrogens is 1. The topological polar surface area (TPSA) is 38.1 Å². The van der Waals surface area contributed by atoms with E-state index in [9.17, 15) is 0 Å². The maximum absolute atomic E-state index is 5.72. The van der Waals surface area contributed by atoms with Crippen molar-refractivity contribution in [2.24, 2.45) is 0 Å². The SMILES string of the molecule is CNC(C)Cc1cnc(-c2ccc(Cl)o2)s1. The number of thiazole rings is 1. The van der Waals surface area contributed by atoms with Crippen molar-refractivity contribution in [1.82, 2.24) is 10.3 Å². The van der Waals surface area contributed by atoms with E-state index in [4.69, 9.17) is 16.0 Å². The fraction of sp³-hybridized carbons (Fsp3) is 0.364. The van der Waals surface area contributed by atoms with Gasteiger partial charge in [-0.25, -0.2) is 4.98 Å². The summed E-state index contributed by atoms with van der Waals surface area (Å²) in [5.41, 5.74) is 0. The number of hydrogen-bond donors (Lipinski definition) is 1. The monoisotopic (exact) mass is 256 g/mol. The normalized spacial score (nSPS) is 12.9. The molecule has 0 saturated carbocycles. The minimum atomic E-state index is 0.398. The highest BCUT2D eigenvalue weighted by Gasteiger charge is 2.10. The van der Waals surface area contributed by atoms with Gasteiger partial charge in [0.25, 0.3) is 0 Å². The molecule has 0 aliphatic rings. The molecular formula is C11H13ClN2OS. The van der Waals surface area contributed by atoms with E-state index in [0.29, 0.717) is 11.3 Å². The molecule has 1 unspecified atom stereocenters. The molecule has 2 heterocycles. The van der Waals surface area contributed by atoms with Crippen molar-refractivity contribution in [3.63, 3.8) is 0 Å². The van der Waals surface area contributed by atoms with Gasteiger partial charge in [0.15, 0.2) is 16.0 Å². The first kappa shape index (κ1) is 11.6. The Hall–Kier alpha value is -0.840. The van der Waals surface area contributed by atoms with Crippen LogP contribution in [0.3, 0.4) is 0 Å². The lowest BCUT2D eigenvalue weighted by Gasteiger charge is -2.06. The Balaban J connectivity index is 2.13. The van der Waals surface area contributed by atoms with Gasteiger partial charge in [0.2, 0.25) is 0 Å². The van der Waals surface area contributed by atoms with E-state index in [2.05, 4.69) is 17.2 Å². The Kier molecular flexibility index (Phi) is 3.63. The van der Waals surface area contributed by atoms with E-state index < -0.39 is 0 Å². The number of hydrogen-bond acceptors (Lipinski definition) is 4. The Morgan fingerprint density at radius 1 is 1.56 bits per heavy atom. The molecule has 5 heteroatoms. The molecular weight excluding hydrogens is 244 g/mol. The highest BCUT2D eigenvalue weighted by Crippen LogP contribution is 2.28. The quantitative estimate of drug-likeness (QED) is 0.913. The molecule has 2 aromatic rings. The van der Waals surface area contributed by atoms with Gasteiger partial charge >= 0.3 is 0 Å². The van der Waals surface area contributed by atoms with Gasteiger partial charge in [-0.2, -0.15) is 0 Å². The first-order chi connectivity index (χ1) is 7.69. The molecule has 1 atom stereocenters. The number of nitrogens with one attached hydrogen (secondary N) is 1. The number of halogens is 1. The van der Waals surface area contributed by atoms with Crippen molar-refractivity contribution in [3.8, 4) is 10.8 Å². The summed E-state index contributed by atoms with van der Waals surface area (Å²) in [6, 6.07) is 4.02. The molecule has 2 aromatic heterocycles. The second-order valence-electron chi connectivity index (χ2n) is 3.63. The predicted molar refractivity (Wildman–Crippen MR) is 67.1 cm³/mol. The van der Waals surface area contributed by atoms with Crippen LogP contribution in [-0.2, 0) is 6.42 Å². The van der Waals surface area contributed by atoms with Crippen LogP contribution in [0.15, 0.2) is 22.7 Å². The molecule has 86 valence electrons. The summed E-state index contributed by atoms with van der Waals surface area (Å²) >= 11 is 7.36. The second-order valence-corrected chi connectivity index (χ2v) is 5.12. The van der Waals surface area contributed by atoms with Crippen molar-refractivity contribution < 1.29 is 4.42 Å². The van der Waals surface area contributed by atoms with Crippen LogP contribution in [0.4, 0.5) is 0 Å². The lowest BCUT2D eigenvalue weighted by molar-refractivity contribution is 0.584. The Labute approximate surface area is 103 Å². The third kappa shape index (κ3) is 2.64. The van der Waals surface area contributed by atoms with Gasteiger partial charge in [0.1, 0.15) is 0 Å². The second kappa shape index (κ2) is 4.99. The standard InChI is InChI=1S/C11H13ClN2OS/c1-7(13-2)5-8-6-14-11(16-8)9-3-4-10(12)15-9/h3-4,6-7,13H,5H2,1-2H3. The van der Waals surface area contributed by atoms with E-state index >= 15 is 0 Å². The van der Waals surface area contributed by atoms with E-state index in [1.165, 1.54) is 4.88 Å². The van der Waals surface area contributed by atoms with Crippen LogP contribution in [0.2, 0.25) is 5.22 Å². The lowest BCUT2D eigenvalue weighted by Crippen LogP contribution is -2.22. The summed E-state index contributed by atoms with van der Waals surface area (Å²) < 4.78 is 5.31. The van der Waals surface area contributed by atoms with E-state index in [1.54, 1.807) is 17.4 Å². The van der Waals surface area contributed by atoms with Gasteiger partial charge in [-0.15, -0.1) is 11.3 Å². The molecule has 3 nitrogen and oxygen atoms in total. The predicted octanol–water partition coefficient (Wildman–Crippen LogP) is 3.21. The molecule has 0 aliphatic carbocycles. The highest BCUT2D eigenvalue weighted by atomic mass is 35.5. The van der Waals surface area contributed by atoms with Crippen molar-refractivity contribution in [2.45, 2.75) is 19.4 Å². The largest absolute Gasteiger partial charge is 0.442 e. The van der Waals surface area contributed by atoms with Crippen LogP contribution in [0.1, 0.15) is 11.8 Å². The van der Waals surface area contributed by atoms with E-state index in [0.717, 1.165) is 17.2 Å². The molecule has 0 saturated heterocycles. The van der Waals surface area contributed by atoms with Gasteiger partial charge in [-0.1, -0.05) is 0 Å². The maximum atomic E-state index is 5.72. The maximum Gasteiger partial charge on any atom is 0.194 e. The van der Waals surface area contributed by atoms with Crippen LogP contribution < -0.4 is 5.32 Å². The first-order valence-corrected chi connectivity index (χ1v) is 6.26. The summed E-state index contributed by atoms with van der Waals surface area (Å²) in [5, 5.41) is 4.48. The molecule has 0 bridgehead atoms. The van der Waals surface area contributed by atoms with Crippen LogP contribution in [-0.4, -0.2) is 18.1 Å². The zero-order valence-electron chi connectivity index (χ0n) is 9.16. The van der Waals surface area contributed by atoms with Gasteiger partial charge in [0.05, 0.1) is 0 Å². The number of nitrogens with zero attached hydrogens (tertiary/aromatic N) is 1. The first-order valence-electron chi connectivity index (χ1n) is 5.06. The fourth-order valence-corrected chi connectivity index (χ4v) is 2.50. The zero-order chi connectivity index (χ0) is 11.5. The Morgan fingerprint density at radius 2 is 2.38 bits per heavy atom. The molecule has 2 rings (SSSR count). The number of likely N-dealkylation sites (N-methyl/N-ethyl adjacent to an activating group) is 1. The van der Waals surface area contributed by atoms with Crippen molar-refractivity contribution in [3.05, 3.63) is 28.4 Å². The summed E-state index contributed by atoms with van der Waals surface area (Å²) in [4.78, 5) is 5.57. The molecule has 0 amide bonds. The van der Waals surface area contributed by atoms with Crippen molar-refractivity contribution in [1.29, 1.82) is 0 Å². The average Bonchev–Trinajstić information content (AvgIpc) is 2.87. The van der Waals surface area contributed by atoms with Gasteiger partial charge < -0.3 is 9.73 Å². The molecule has 0 spiro atoms. The van der Waals surface area contributed by atoms with Crippen LogP contribution in [0.5, 0.6) is 0 Å². The van der Waals surface area contributed by atoms with Crippen LogP contribution in [0, 0.1) is 0 Å². The van der Waals surface area contributed by atoms with Crippen molar-refractivity contribution in [2.75, 3.05) is 7.05 Å². The fourth-order valence-electron chi connectivity index (χ4n) is 1.35. The molecule has 0 radical (unpaired) electrons. The molecule has 1 N–H and O–H groups in total. The summed E-state index contributed by atoms with van der Waals surface area (Å²) in [7, 11) is 1.96. The zero-order valence-corrected chi connectivity index (χ0v) is 10.7. The Morgan fingerprint density at radius 3 is 3.00 bits per heavy atom. The highest BCUT2D eigenvalue weighted by molar-refractivity contribution is 7.14. The minimum absolute atomic E-state index is 0.398. The summed E-state index contributed by atoms with van der Waals surface area (Å²) in [6.45, 7) is 2.14. The summed E-state index contributed by atoms with van der Waals surface area (Å²) in [6.07, 6.45) is 2.87. The third-order valence-corrected chi connectivity index (χ3v) is 3.58. The third-order valence-electron chi connectivity index (χ3n) is 2.34. The van der Waals surface area contributed by atoms with Gasteiger partial charge in [-0.05, 0) is 44.1 Å². The van der Waals surface area contributed by atoms with Crippen LogP contribution >= 0.6 is 22.9 Å². The van der Waals surface area contributed by atoms with Crippen LogP contribution in [0.25, 0.3) is 10.8 Å². The number of furan rings is 1. The Bertz CT molecular complexity index is 466. The van der Waals surface area contributed by atoms with E-state index in [-0.39, 0.29) is 0 Å². The molecule has 0 aliphatic heterocycles. The summed E-state index contributed by atoms with van der Waals surface area (Å²) in [5.74, 6) is 0.735.